The molecule has 0 bridgehead atoms. The van der Waals surface area contributed by atoms with Crippen molar-refractivity contribution in [3.63, 3.8) is 0 Å². The molecule has 0 spiro atoms. The fourth-order valence-electron chi connectivity index (χ4n) is 1.12. The summed E-state index contributed by atoms with van der Waals surface area (Å²) >= 11 is 2.84. The fourth-order valence-corrected chi connectivity index (χ4v) is 1.42. The van der Waals surface area contributed by atoms with Crippen molar-refractivity contribution in [3.05, 3.63) is 39.2 Å². The molecule has 7 heteroatoms. The molecule has 0 saturated carbocycles. The van der Waals surface area contributed by atoms with Gasteiger partial charge < -0.3 is 0 Å². The van der Waals surface area contributed by atoms with E-state index in [9.17, 15) is 24.1 Å². The molecule has 1 aromatic rings. The van der Waals surface area contributed by atoms with Crippen LogP contribution in [0.2, 0.25) is 0 Å². The molecule has 1 aromatic carbocycles. The van der Waals surface area contributed by atoms with E-state index >= 15 is 0 Å². The van der Waals surface area contributed by atoms with Crippen LogP contribution in [0.5, 0.6) is 0 Å². The number of halogens is 2. The highest BCUT2D eigenvalue weighted by Gasteiger charge is 2.20. The number of alkyl halides is 1. The van der Waals surface area contributed by atoms with E-state index in [-0.39, 0.29) is 22.7 Å². The minimum Gasteiger partial charge on any atom is -0.298 e. The van der Waals surface area contributed by atoms with Crippen molar-refractivity contribution >= 4 is 33.7 Å². The van der Waals surface area contributed by atoms with Gasteiger partial charge in [0.1, 0.15) is 5.82 Å². The Morgan fingerprint density at radius 1 is 1.56 bits per heavy atom. The second-order valence-corrected chi connectivity index (χ2v) is 3.38. The summed E-state index contributed by atoms with van der Waals surface area (Å²) in [4.78, 5) is 31.4. The molecule has 0 N–H and O–H groups in total. The van der Waals surface area contributed by atoms with E-state index in [1.54, 1.807) is 0 Å². The van der Waals surface area contributed by atoms with Crippen LogP contribution >= 0.6 is 15.9 Å². The van der Waals surface area contributed by atoms with Crippen LogP contribution in [-0.2, 0) is 0 Å². The zero-order chi connectivity index (χ0) is 12.3. The molecule has 84 valence electrons. The number of hydrogen-bond acceptors (Lipinski definition) is 4. The van der Waals surface area contributed by atoms with E-state index in [2.05, 4.69) is 15.9 Å². The largest absolute Gasteiger partial charge is 0.298 e. The number of Topliss-reactive ketones (excluding diaryl/α,β-unsaturated/α-hetero) is 1. The zero-order valence-electron chi connectivity index (χ0n) is 7.78. The van der Waals surface area contributed by atoms with Crippen LogP contribution in [0.1, 0.15) is 20.7 Å². The van der Waals surface area contributed by atoms with Crippen molar-refractivity contribution in [3.8, 4) is 0 Å². The minimum atomic E-state index is -1.01. The predicted octanol–water partition coefficient (Wildman–Crippen LogP) is 2.12. The first-order valence-electron chi connectivity index (χ1n) is 4.03. The molecule has 0 aliphatic carbocycles. The molecule has 0 radical (unpaired) electrons. The lowest BCUT2D eigenvalue weighted by molar-refractivity contribution is -0.385. The maximum absolute atomic E-state index is 13.3. The van der Waals surface area contributed by atoms with E-state index in [0.717, 1.165) is 6.07 Å². The van der Waals surface area contributed by atoms with Gasteiger partial charge in [0.15, 0.2) is 12.1 Å². The third-order valence-electron chi connectivity index (χ3n) is 1.86. The SMILES string of the molecule is O=Cc1cc(C(=O)CBr)c(F)cc1[N+](=O)[O-]. The van der Waals surface area contributed by atoms with Gasteiger partial charge in [-0.1, -0.05) is 15.9 Å². The number of nitro benzene ring substituents is 1. The van der Waals surface area contributed by atoms with Gasteiger partial charge in [-0.2, -0.15) is 0 Å². The molecule has 0 amide bonds. The monoisotopic (exact) mass is 289 g/mol. The van der Waals surface area contributed by atoms with Gasteiger partial charge in [0.05, 0.1) is 27.4 Å². The lowest BCUT2D eigenvalue weighted by Gasteiger charge is -2.01. The average molecular weight is 290 g/mol. The van der Waals surface area contributed by atoms with Crippen molar-refractivity contribution in [1.29, 1.82) is 0 Å². The number of carbonyl (C=O) groups is 2. The second kappa shape index (κ2) is 4.93. The molecule has 0 heterocycles. The number of rotatable bonds is 4. The van der Waals surface area contributed by atoms with Crippen LogP contribution in [-0.4, -0.2) is 22.3 Å². The van der Waals surface area contributed by atoms with Gasteiger partial charge in [0.2, 0.25) is 0 Å². The predicted molar refractivity (Wildman–Crippen MR) is 56.6 cm³/mol. The average Bonchev–Trinajstić information content (AvgIpc) is 2.27. The first kappa shape index (κ1) is 12.4. The van der Waals surface area contributed by atoms with Crippen LogP contribution in [0.15, 0.2) is 12.1 Å². The molecule has 0 aliphatic heterocycles. The Kier molecular flexibility index (Phi) is 3.83. The molecule has 0 saturated heterocycles. The van der Waals surface area contributed by atoms with E-state index in [4.69, 9.17) is 0 Å². The molecule has 5 nitrogen and oxygen atoms in total. The zero-order valence-corrected chi connectivity index (χ0v) is 9.36. The van der Waals surface area contributed by atoms with Crippen molar-refractivity contribution < 1.29 is 18.9 Å². The molecule has 0 fully saturated rings. The maximum atomic E-state index is 13.3. The normalized spacial score (nSPS) is 9.88. The highest BCUT2D eigenvalue weighted by Crippen LogP contribution is 2.22. The van der Waals surface area contributed by atoms with Gasteiger partial charge >= 0.3 is 0 Å². The standard InChI is InChI=1S/C9H5BrFNO4/c10-3-9(14)6-1-5(4-13)8(12(15)16)2-7(6)11/h1-2,4H,3H2. The summed E-state index contributed by atoms with van der Waals surface area (Å²) in [5.74, 6) is -1.60. The van der Waals surface area contributed by atoms with Crippen molar-refractivity contribution in [2.75, 3.05) is 5.33 Å². The van der Waals surface area contributed by atoms with Crippen LogP contribution in [0.3, 0.4) is 0 Å². The lowest BCUT2D eigenvalue weighted by Crippen LogP contribution is -2.06. The topological polar surface area (TPSA) is 77.3 Å². The number of carbonyl (C=O) groups excluding carboxylic acids is 2. The maximum Gasteiger partial charge on any atom is 0.282 e. The summed E-state index contributed by atoms with van der Waals surface area (Å²) in [6.07, 6.45) is 0.211. The summed E-state index contributed by atoms with van der Waals surface area (Å²) < 4.78 is 13.3. The molecule has 1 rings (SSSR count). The Balaban J connectivity index is 3.42. The minimum absolute atomic E-state index is 0.125. The van der Waals surface area contributed by atoms with E-state index < -0.39 is 22.2 Å². The van der Waals surface area contributed by atoms with Crippen LogP contribution < -0.4 is 0 Å². The molecule has 0 aliphatic rings. The highest BCUT2D eigenvalue weighted by atomic mass is 79.9. The van der Waals surface area contributed by atoms with Crippen molar-refractivity contribution in [2.24, 2.45) is 0 Å². The van der Waals surface area contributed by atoms with E-state index in [1.807, 2.05) is 0 Å². The Morgan fingerprint density at radius 2 is 2.19 bits per heavy atom. The first-order valence-corrected chi connectivity index (χ1v) is 5.15. The first-order chi connectivity index (χ1) is 7.51. The number of nitro groups is 1. The third kappa shape index (κ3) is 2.30. The summed E-state index contributed by atoms with van der Waals surface area (Å²) in [5, 5.41) is 10.3. The molecule has 16 heavy (non-hydrogen) atoms. The number of aldehydes is 1. The van der Waals surface area contributed by atoms with Gasteiger partial charge in [-0.25, -0.2) is 4.39 Å². The highest BCUT2D eigenvalue weighted by molar-refractivity contribution is 9.09. The summed E-state index contributed by atoms with van der Waals surface area (Å²) in [6, 6.07) is 1.45. The fraction of sp³-hybridized carbons (Fsp3) is 0.111. The summed E-state index contributed by atoms with van der Waals surface area (Å²) in [7, 11) is 0. The number of hydrogen-bond donors (Lipinski definition) is 0. The molecule has 0 unspecified atom stereocenters. The van der Waals surface area contributed by atoms with Crippen molar-refractivity contribution in [1.82, 2.24) is 0 Å². The second-order valence-electron chi connectivity index (χ2n) is 2.82. The van der Waals surface area contributed by atoms with Crippen LogP contribution in [0, 0.1) is 15.9 Å². The molecule has 0 aromatic heterocycles. The Bertz CT molecular complexity index is 475. The Hall–Kier alpha value is -1.63. The van der Waals surface area contributed by atoms with Gasteiger partial charge in [-0.15, -0.1) is 0 Å². The van der Waals surface area contributed by atoms with E-state index in [1.165, 1.54) is 0 Å². The number of benzene rings is 1. The molecular formula is C9H5BrFNO4. The van der Waals surface area contributed by atoms with Crippen molar-refractivity contribution in [2.45, 2.75) is 0 Å². The summed E-state index contributed by atoms with van der Waals surface area (Å²) in [5.41, 5.74) is -1.32. The number of ketones is 1. The molecule has 0 atom stereocenters. The lowest BCUT2D eigenvalue weighted by atomic mass is 10.1. The third-order valence-corrected chi connectivity index (χ3v) is 2.37. The van der Waals surface area contributed by atoms with Gasteiger partial charge in [0.25, 0.3) is 5.69 Å². The van der Waals surface area contributed by atoms with E-state index in [0.29, 0.717) is 6.07 Å². The Labute approximate surface area is 97.5 Å². The van der Waals surface area contributed by atoms with Crippen LogP contribution in [0.25, 0.3) is 0 Å². The number of nitrogens with zero attached hydrogens (tertiary/aromatic N) is 1. The smallest absolute Gasteiger partial charge is 0.282 e. The summed E-state index contributed by atoms with van der Waals surface area (Å²) in [6.45, 7) is 0. The van der Waals surface area contributed by atoms with Gasteiger partial charge in [-0.3, -0.25) is 19.7 Å². The van der Waals surface area contributed by atoms with Gasteiger partial charge in [0, 0.05) is 0 Å². The molecular weight excluding hydrogens is 285 g/mol. The Morgan fingerprint density at radius 3 is 2.62 bits per heavy atom. The van der Waals surface area contributed by atoms with Gasteiger partial charge in [-0.05, 0) is 6.07 Å². The van der Waals surface area contributed by atoms with Crippen LogP contribution in [0.4, 0.5) is 10.1 Å². The quantitative estimate of drug-likeness (QED) is 0.280.